The lowest BCUT2D eigenvalue weighted by Gasteiger charge is -2.33. The Morgan fingerprint density at radius 1 is 1.17 bits per heavy atom. The Labute approximate surface area is 170 Å². The number of hydrogen-bond donors (Lipinski definition) is 2. The Kier molecular flexibility index (Phi) is 7.77. The van der Waals surface area contributed by atoms with E-state index in [2.05, 4.69) is 20.5 Å². The van der Waals surface area contributed by atoms with Crippen LogP contribution in [-0.4, -0.2) is 55.4 Å². The molecule has 0 amide bonds. The molecule has 8 heteroatoms. The van der Waals surface area contributed by atoms with Gasteiger partial charge < -0.3 is 20.3 Å². The van der Waals surface area contributed by atoms with E-state index in [1.165, 1.54) is 12.8 Å². The molecule has 1 aliphatic carbocycles. The minimum atomic E-state index is -4.30. The smallest absolute Gasteiger partial charge is 0.367 e. The minimum Gasteiger partial charge on any atom is -0.367 e. The molecule has 162 valence electrons. The van der Waals surface area contributed by atoms with Gasteiger partial charge in [0.05, 0.1) is 13.2 Å². The van der Waals surface area contributed by atoms with E-state index in [-0.39, 0.29) is 6.61 Å². The van der Waals surface area contributed by atoms with Gasteiger partial charge >= 0.3 is 6.18 Å². The van der Waals surface area contributed by atoms with Crippen LogP contribution in [0.4, 0.5) is 13.2 Å². The molecule has 5 nitrogen and oxygen atoms in total. The number of nitrogens with zero attached hydrogens (tertiary/aromatic N) is 2. The third kappa shape index (κ3) is 7.85. The molecule has 1 heterocycles. The van der Waals surface area contributed by atoms with Gasteiger partial charge in [0.15, 0.2) is 5.96 Å². The summed E-state index contributed by atoms with van der Waals surface area (Å²) in [7, 11) is 0. The average Bonchev–Trinajstić information content (AvgIpc) is 3.52. The van der Waals surface area contributed by atoms with Crippen molar-refractivity contribution in [2.45, 2.75) is 64.0 Å². The number of ether oxygens (including phenoxy) is 1. The lowest BCUT2D eigenvalue weighted by atomic mass is 10.1. The van der Waals surface area contributed by atoms with E-state index in [1.807, 2.05) is 25.1 Å². The number of halogens is 3. The fourth-order valence-electron chi connectivity index (χ4n) is 3.63. The molecule has 2 fully saturated rings. The first-order chi connectivity index (χ1) is 13.9. The third-order valence-corrected chi connectivity index (χ3v) is 5.22. The van der Waals surface area contributed by atoms with Crippen molar-refractivity contribution in [2.75, 3.05) is 26.2 Å². The normalized spacial score (nSPS) is 19.4. The Balaban J connectivity index is 1.49. The molecule has 0 bridgehead atoms. The second kappa shape index (κ2) is 10.3. The zero-order valence-corrected chi connectivity index (χ0v) is 17.0. The first kappa shape index (κ1) is 21.9. The first-order valence-electron chi connectivity index (χ1n) is 10.4. The molecular weight excluding hydrogens is 381 g/mol. The maximum absolute atomic E-state index is 12.2. The zero-order chi connectivity index (χ0) is 20.7. The number of benzene rings is 1. The Bertz CT molecular complexity index is 668. The van der Waals surface area contributed by atoms with E-state index in [4.69, 9.17) is 4.74 Å². The van der Waals surface area contributed by atoms with Crippen molar-refractivity contribution in [1.29, 1.82) is 0 Å². The van der Waals surface area contributed by atoms with E-state index in [0.717, 1.165) is 50.0 Å². The summed E-state index contributed by atoms with van der Waals surface area (Å²) < 4.78 is 41.4. The van der Waals surface area contributed by atoms with Crippen LogP contribution in [0.3, 0.4) is 0 Å². The molecule has 0 spiro atoms. The van der Waals surface area contributed by atoms with E-state index in [0.29, 0.717) is 18.2 Å². The Hall–Kier alpha value is -1.80. The van der Waals surface area contributed by atoms with Gasteiger partial charge in [0.1, 0.15) is 6.61 Å². The summed E-state index contributed by atoms with van der Waals surface area (Å²) in [6.07, 6.45) is 0.633. The summed E-state index contributed by atoms with van der Waals surface area (Å²) >= 11 is 0. The van der Waals surface area contributed by atoms with Crippen LogP contribution in [0.15, 0.2) is 29.3 Å². The largest absolute Gasteiger partial charge is 0.411 e. The van der Waals surface area contributed by atoms with E-state index in [9.17, 15) is 13.2 Å². The quantitative estimate of drug-likeness (QED) is 0.507. The number of hydrogen-bond acceptors (Lipinski definition) is 3. The molecule has 1 aromatic carbocycles. The van der Waals surface area contributed by atoms with Crippen LogP contribution in [-0.2, 0) is 17.9 Å². The van der Waals surface area contributed by atoms with Crippen LogP contribution >= 0.6 is 0 Å². The topological polar surface area (TPSA) is 48.9 Å². The molecule has 0 radical (unpaired) electrons. The highest BCUT2D eigenvalue weighted by molar-refractivity contribution is 5.80. The van der Waals surface area contributed by atoms with E-state index < -0.39 is 12.8 Å². The van der Waals surface area contributed by atoms with Crippen molar-refractivity contribution in [2.24, 2.45) is 4.99 Å². The molecule has 1 saturated carbocycles. The maximum Gasteiger partial charge on any atom is 0.411 e. The lowest BCUT2D eigenvalue weighted by molar-refractivity contribution is -0.176. The molecule has 1 aromatic rings. The van der Waals surface area contributed by atoms with Gasteiger partial charge in [-0.15, -0.1) is 0 Å². The fraction of sp³-hybridized carbons (Fsp3) is 0.667. The molecule has 1 aliphatic heterocycles. The number of piperidine rings is 1. The van der Waals surface area contributed by atoms with Gasteiger partial charge in [-0.1, -0.05) is 24.3 Å². The fourth-order valence-corrected chi connectivity index (χ4v) is 3.63. The standard InChI is InChI=1S/C21H31F3N4O/c1-2-25-20(27-18-8-10-28(11-9-18)19-6-7-19)26-13-16-4-3-5-17(12-16)14-29-15-21(22,23)24/h3-5,12,18-19H,2,6-11,13-15H2,1H3,(H2,25,26,27). The monoisotopic (exact) mass is 412 g/mol. The first-order valence-corrected chi connectivity index (χ1v) is 10.4. The molecule has 0 aromatic heterocycles. The van der Waals surface area contributed by atoms with Gasteiger partial charge in [0.2, 0.25) is 0 Å². The van der Waals surface area contributed by atoms with Crippen molar-refractivity contribution in [1.82, 2.24) is 15.5 Å². The molecule has 0 unspecified atom stereocenters. The SMILES string of the molecule is CCNC(=NCc1cccc(COCC(F)(F)F)c1)NC1CCN(C2CC2)CC1. The lowest BCUT2D eigenvalue weighted by Crippen LogP contribution is -2.49. The zero-order valence-electron chi connectivity index (χ0n) is 17.0. The number of likely N-dealkylation sites (tertiary alicyclic amines) is 1. The van der Waals surface area contributed by atoms with E-state index in [1.54, 1.807) is 6.07 Å². The second-order valence-corrected chi connectivity index (χ2v) is 7.81. The number of rotatable bonds is 8. The number of nitrogens with one attached hydrogen (secondary N) is 2. The molecule has 2 N–H and O–H groups in total. The van der Waals surface area contributed by atoms with Crippen LogP contribution in [0.1, 0.15) is 43.7 Å². The van der Waals surface area contributed by atoms with Crippen molar-refractivity contribution >= 4 is 5.96 Å². The third-order valence-electron chi connectivity index (χ3n) is 5.22. The summed E-state index contributed by atoms with van der Waals surface area (Å²) in [5.41, 5.74) is 1.66. The predicted molar refractivity (Wildman–Crippen MR) is 108 cm³/mol. The molecule has 29 heavy (non-hydrogen) atoms. The van der Waals surface area contributed by atoms with Crippen molar-refractivity contribution in [3.63, 3.8) is 0 Å². The van der Waals surface area contributed by atoms with Gasteiger partial charge in [0, 0.05) is 31.7 Å². The molecular formula is C21H31F3N4O. The summed E-state index contributed by atoms with van der Waals surface area (Å²) in [6, 6.07) is 8.60. The van der Waals surface area contributed by atoms with Crippen molar-refractivity contribution < 1.29 is 17.9 Å². The van der Waals surface area contributed by atoms with Crippen LogP contribution in [0.25, 0.3) is 0 Å². The summed E-state index contributed by atoms with van der Waals surface area (Å²) in [5.74, 6) is 0.788. The predicted octanol–water partition coefficient (Wildman–Crippen LogP) is 3.45. The minimum absolute atomic E-state index is 0.0606. The van der Waals surface area contributed by atoms with Crippen molar-refractivity contribution in [3.8, 4) is 0 Å². The van der Waals surface area contributed by atoms with Crippen LogP contribution < -0.4 is 10.6 Å². The Morgan fingerprint density at radius 2 is 1.90 bits per heavy atom. The van der Waals surface area contributed by atoms with Crippen LogP contribution in [0.2, 0.25) is 0 Å². The van der Waals surface area contributed by atoms with Gasteiger partial charge in [-0.3, -0.25) is 0 Å². The van der Waals surface area contributed by atoms with Gasteiger partial charge in [-0.05, 0) is 43.7 Å². The molecule has 0 atom stereocenters. The summed E-state index contributed by atoms with van der Waals surface area (Å²) in [6.45, 7) is 4.26. The van der Waals surface area contributed by atoms with E-state index >= 15 is 0 Å². The average molecular weight is 413 g/mol. The van der Waals surface area contributed by atoms with Crippen LogP contribution in [0, 0.1) is 0 Å². The van der Waals surface area contributed by atoms with Gasteiger partial charge in [0.25, 0.3) is 0 Å². The number of aliphatic imine (C=N–C) groups is 1. The second-order valence-electron chi connectivity index (χ2n) is 7.81. The molecule has 3 rings (SSSR count). The maximum atomic E-state index is 12.2. The van der Waals surface area contributed by atoms with Crippen molar-refractivity contribution in [3.05, 3.63) is 35.4 Å². The highest BCUT2D eigenvalue weighted by Gasteiger charge is 2.32. The molecule has 2 aliphatic rings. The van der Waals surface area contributed by atoms with Gasteiger partial charge in [-0.2, -0.15) is 13.2 Å². The Morgan fingerprint density at radius 3 is 2.55 bits per heavy atom. The van der Waals surface area contributed by atoms with Crippen LogP contribution in [0.5, 0.6) is 0 Å². The summed E-state index contributed by atoms with van der Waals surface area (Å²) in [4.78, 5) is 7.26. The number of alkyl halides is 3. The summed E-state index contributed by atoms with van der Waals surface area (Å²) in [5, 5.41) is 6.82. The number of guanidine groups is 1. The molecule has 1 saturated heterocycles. The van der Waals surface area contributed by atoms with Gasteiger partial charge in [-0.25, -0.2) is 4.99 Å². The highest BCUT2D eigenvalue weighted by Crippen LogP contribution is 2.29. The highest BCUT2D eigenvalue weighted by atomic mass is 19.4.